The Labute approximate surface area is 72.8 Å². The van der Waals surface area contributed by atoms with Crippen LogP contribution >= 0.6 is 0 Å². The van der Waals surface area contributed by atoms with Gasteiger partial charge in [0.25, 0.3) is 0 Å². The second-order valence-electron chi connectivity index (χ2n) is 2.58. The predicted octanol–water partition coefficient (Wildman–Crippen LogP) is 1.05. The Balaban J connectivity index is 4.03. The summed E-state index contributed by atoms with van der Waals surface area (Å²) in [4.78, 5) is 21.8. The van der Waals surface area contributed by atoms with Gasteiger partial charge in [-0.05, 0) is 26.3 Å². The highest BCUT2D eigenvalue weighted by atomic mass is 16.2. The second-order valence-corrected chi connectivity index (χ2v) is 2.58. The van der Waals surface area contributed by atoms with Crippen LogP contribution in [0.3, 0.4) is 0 Å². The molecule has 68 valence electrons. The average Bonchev–Trinajstić information content (AvgIpc) is 2.00. The molecule has 0 fully saturated rings. The minimum atomic E-state index is -0.339. The highest BCUT2D eigenvalue weighted by Gasteiger charge is 2.12. The summed E-state index contributed by atoms with van der Waals surface area (Å²) in [5.74, 6) is -0.213. The third-order valence-electron chi connectivity index (χ3n) is 1.53. The smallest absolute Gasteiger partial charge is 0.244 e. The highest BCUT2D eigenvalue weighted by molar-refractivity contribution is 5.92. The molecule has 0 aliphatic carbocycles. The maximum absolute atomic E-state index is 11.0. The molecule has 0 spiro atoms. The third kappa shape index (κ3) is 3.91. The highest BCUT2D eigenvalue weighted by Crippen LogP contribution is 1.92. The van der Waals surface area contributed by atoms with Crippen LogP contribution in [-0.4, -0.2) is 17.7 Å². The normalized spacial score (nSPS) is 12.9. The summed E-state index contributed by atoms with van der Waals surface area (Å²) in [5, 5.41) is 2.59. The van der Waals surface area contributed by atoms with E-state index in [0.717, 1.165) is 0 Å². The molecule has 0 saturated heterocycles. The lowest BCUT2D eigenvalue weighted by atomic mass is 10.1. The van der Waals surface area contributed by atoms with Crippen LogP contribution in [0.2, 0.25) is 0 Å². The number of carbonyl (C=O) groups is 2. The Morgan fingerprint density at radius 3 is 2.42 bits per heavy atom. The fourth-order valence-electron chi connectivity index (χ4n) is 0.862. The van der Waals surface area contributed by atoms with Gasteiger partial charge >= 0.3 is 0 Å². The topological polar surface area (TPSA) is 46.2 Å². The zero-order chi connectivity index (χ0) is 9.56. The van der Waals surface area contributed by atoms with Gasteiger partial charge in [0, 0.05) is 0 Å². The standard InChI is InChI=1S/C9H15NO2/c1-4-6-9(12)10-8(5-2)7(3)11/h4,6,8H,5H2,1-3H3,(H,10,12). The van der Waals surface area contributed by atoms with Crippen LogP contribution in [0.5, 0.6) is 0 Å². The number of carbonyl (C=O) groups excluding carboxylic acids is 2. The molecule has 0 aliphatic heterocycles. The van der Waals surface area contributed by atoms with Gasteiger partial charge in [0.05, 0.1) is 6.04 Å². The van der Waals surface area contributed by atoms with Crippen molar-refractivity contribution in [1.29, 1.82) is 0 Å². The molecule has 1 amide bonds. The number of rotatable bonds is 4. The average molecular weight is 169 g/mol. The van der Waals surface area contributed by atoms with Gasteiger partial charge in [-0.1, -0.05) is 13.0 Å². The van der Waals surface area contributed by atoms with E-state index in [4.69, 9.17) is 0 Å². The molecular weight excluding hydrogens is 154 g/mol. The SMILES string of the molecule is CC=CC(=O)NC(CC)C(C)=O. The molecular formula is C9H15NO2. The van der Waals surface area contributed by atoms with Crippen LogP contribution in [0.1, 0.15) is 27.2 Å². The first-order valence-electron chi connectivity index (χ1n) is 4.05. The molecule has 0 rings (SSSR count). The second kappa shape index (κ2) is 5.52. The van der Waals surface area contributed by atoms with Crippen molar-refractivity contribution in [2.45, 2.75) is 33.2 Å². The van der Waals surface area contributed by atoms with Crippen LogP contribution in [0, 0.1) is 0 Å². The van der Waals surface area contributed by atoms with E-state index in [-0.39, 0.29) is 17.7 Å². The summed E-state index contributed by atoms with van der Waals surface area (Å²) in [6.07, 6.45) is 3.69. The molecule has 0 bridgehead atoms. The summed E-state index contributed by atoms with van der Waals surface area (Å²) in [7, 11) is 0. The maximum atomic E-state index is 11.0. The van der Waals surface area contributed by atoms with Gasteiger partial charge in [-0.25, -0.2) is 0 Å². The molecule has 1 N–H and O–H groups in total. The van der Waals surface area contributed by atoms with Gasteiger partial charge < -0.3 is 5.32 Å². The number of hydrogen-bond donors (Lipinski definition) is 1. The number of amides is 1. The molecule has 0 saturated carbocycles. The molecule has 0 radical (unpaired) electrons. The predicted molar refractivity (Wildman–Crippen MR) is 47.7 cm³/mol. The lowest BCUT2D eigenvalue weighted by Gasteiger charge is -2.11. The van der Waals surface area contributed by atoms with Crippen molar-refractivity contribution in [1.82, 2.24) is 5.32 Å². The summed E-state index contributed by atoms with van der Waals surface area (Å²) in [6, 6.07) is -0.339. The molecule has 3 heteroatoms. The molecule has 0 aliphatic rings. The van der Waals surface area contributed by atoms with Gasteiger partial charge in [-0.3, -0.25) is 9.59 Å². The number of allylic oxidation sites excluding steroid dienone is 1. The van der Waals surface area contributed by atoms with E-state index in [1.807, 2.05) is 6.92 Å². The first-order chi connectivity index (χ1) is 5.61. The van der Waals surface area contributed by atoms with Crippen molar-refractivity contribution < 1.29 is 9.59 Å². The van der Waals surface area contributed by atoms with Gasteiger partial charge in [-0.15, -0.1) is 0 Å². The van der Waals surface area contributed by atoms with E-state index in [9.17, 15) is 9.59 Å². The Bertz CT molecular complexity index is 197. The summed E-state index contributed by atoms with van der Waals surface area (Å²) >= 11 is 0. The first kappa shape index (κ1) is 10.9. The van der Waals surface area contributed by atoms with Crippen molar-refractivity contribution in [3.05, 3.63) is 12.2 Å². The zero-order valence-corrected chi connectivity index (χ0v) is 7.76. The Kier molecular flexibility index (Phi) is 5.00. The molecule has 0 aromatic rings. The number of nitrogens with one attached hydrogen (secondary N) is 1. The summed E-state index contributed by atoms with van der Waals surface area (Å²) in [5.41, 5.74) is 0. The van der Waals surface area contributed by atoms with Gasteiger partial charge in [0.15, 0.2) is 5.78 Å². The van der Waals surface area contributed by atoms with E-state index < -0.39 is 0 Å². The Hall–Kier alpha value is -1.12. The Morgan fingerprint density at radius 2 is 2.08 bits per heavy atom. The Morgan fingerprint density at radius 1 is 1.50 bits per heavy atom. The van der Waals surface area contributed by atoms with E-state index in [1.54, 1.807) is 13.0 Å². The van der Waals surface area contributed by atoms with Crippen molar-refractivity contribution in [3.8, 4) is 0 Å². The fourth-order valence-corrected chi connectivity index (χ4v) is 0.862. The minimum Gasteiger partial charge on any atom is -0.343 e. The van der Waals surface area contributed by atoms with Crippen molar-refractivity contribution in [2.24, 2.45) is 0 Å². The fraction of sp³-hybridized carbons (Fsp3) is 0.556. The molecule has 12 heavy (non-hydrogen) atoms. The first-order valence-corrected chi connectivity index (χ1v) is 4.05. The summed E-state index contributed by atoms with van der Waals surface area (Å²) < 4.78 is 0. The molecule has 0 aromatic heterocycles. The zero-order valence-electron chi connectivity index (χ0n) is 7.76. The minimum absolute atomic E-state index is 0.00430. The van der Waals surface area contributed by atoms with E-state index in [1.165, 1.54) is 13.0 Å². The van der Waals surface area contributed by atoms with Crippen molar-refractivity contribution in [3.63, 3.8) is 0 Å². The number of ketones is 1. The molecule has 0 aromatic carbocycles. The molecule has 3 nitrogen and oxygen atoms in total. The van der Waals surface area contributed by atoms with E-state index in [2.05, 4.69) is 5.32 Å². The monoisotopic (exact) mass is 169 g/mol. The molecule has 1 unspecified atom stereocenters. The largest absolute Gasteiger partial charge is 0.343 e. The van der Waals surface area contributed by atoms with Crippen molar-refractivity contribution >= 4 is 11.7 Å². The van der Waals surface area contributed by atoms with Crippen LogP contribution in [0.25, 0.3) is 0 Å². The molecule has 0 heterocycles. The van der Waals surface area contributed by atoms with Crippen molar-refractivity contribution in [2.75, 3.05) is 0 Å². The van der Waals surface area contributed by atoms with Gasteiger partial charge in [0.1, 0.15) is 0 Å². The lowest BCUT2D eigenvalue weighted by Crippen LogP contribution is -2.38. The van der Waals surface area contributed by atoms with E-state index in [0.29, 0.717) is 6.42 Å². The number of Topliss-reactive ketones (excluding diaryl/α,β-unsaturated/α-hetero) is 1. The van der Waals surface area contributed by atoms with Gasteiger partial charge in [0.2, 0.25) is 5.91 Å². The summed E-state index contributed by atoms with van der Waals surface area (Å²) in [6.45, 7) is 5.10. The quantitative estimate of drug-likeness (QED) is 0.639. The van der Waals surface area contributed by atoms with Crippen LogP contribution in [0.4, 0.5) is 0 Å². The molecule has 1 atom stereocenters. The van der Waals surface area contributed by atoms with E-state index >= 15 is 0 Å². The lowest BCUT2D eigenvalue weighted by molar-refractivity contribution is -0.124. The maximum Gasteiger partial charge on any atom is 0.244 e. The number of hydrogen-bond acceptors (Lipinski definition) is 2. The van der Waals surface area contributed by atoms with Gasteiger partial charge in [-0.2, -0.15) is 0 Å². The van der Waals surface area contributed by atoms with Crippen LogP contribution < -0.4 is 5.32 Å². The van der Waals surface area contributed by atoms with Crippen LogP contribution in [-0.2, 0) is 9.59 Å². The van der Waals surface area contributed by atoms with Crippen LogP contribution in [0.15, 0.2) is 12.2 Å². The third-order valence-corrected chi connectivity index (χ3v) is 1.53.